The molecule has 6 heteroatoms. The third-order valence-electron chi connectivity index (χ3n) is 3.70. The Hall–Kier alpha value is -1.27. The molecule has 1 aliphatic rings. The van der Waals surface area contributed by atoms with Crippen LogP contribution in [-0.2, 0) is 10.0 Å². The van der Waals surface area contributed by atoms with Gasteiger partial charge in [0.1, 0.15) is 4.90 Å². The lowest BCUT2D eigenvalue weighted by Crippen LogP contribution is -2.39. The van der Waals surface area contributed by atoms with Crippen molar-refractivity contribution in [3.63, 3.8) is 0 Å². The van der Waals surface area contributed by atoms with Crippen LogP contribution in [0.2, 0.25) is 0 Å². The monoisotopic (exact) mass is 297 g/mol. The first kappa shape index (κ1) is 15.1. The van der Waals surface area contributed by atoms with E-state index < -0.39 is 10.0 Å². The largest absolute Gasteiger partial charge is 0.399 e. The molecule has 0 radical (unpaired) electrons. The molecule has 1 aromatic carbocycles. The Bertz CT molecular complexity index is 584. The van der Waals surface area contributed by atoms with Crippen molar-refractivity contribution in [3.8, 4) is 0 Å². The Balaban J connectivity index is 2.45. The van der Waals surface area contributed by atoms with E-state index in [1.807, 2.05) is 14.1 Å². The van der Waals surface area contributed by atoms with Gasteiger partial charge in [0.15, 0.2) is 0 Å². The molecule has 1 aliphatic heterocycles. The first-order valence-corrected chi connectivity index (χ1v) is 8.33. The van der Waals surface area contributed by atoms with Gasteiger partial charge >= 0.3 is 0 Å². The van der Waals surface area contributed by atoms with Gasteiger partial charge < -0.3 is 10.6 Å². The van der Waals surface area contributed by atoms with Gasteiger partial charge in [0.05, 0.1) is 5.69 Å². The van der Waals surface area contributed by atoms with E-state index >= 15 is 0 Å². The minimum absolute atomic E-state index is 0.302. The summed E-state index contributed by atoms with van der Waals surface area (Å²) in [6.45, 7) is 3.27. The van der Waals surface area contributed by atoms with Crippen LogP contribution in [0.5, 0.6) is 0 Å². The van der Waals surface area contributed by atoms with Crippen LogP contribution in [0, 0.1) is 5.92 Å². The maximum Gasteiger partial charge on any atom is 0.245 e. The minimum atomic E-state index is -3.48. The van der Waals surface area contributed by atoms with E-state index in [-0.39, 0.29) is 0 Å². The Kier molecular flexibility index (Phi) is 4.25. The molecule has 1 unspecified atom stereocenters. The van der Waals surface area contributed by atoms with Crippen LogP contribution < -0.4 is 10.6 Å². The zero-order valence-electron chi connectivity index (χ0n) is 12.3. The molecule has 112 valence electrons. The molecule has 0 saturated carbocycles. The molecular formula is C14H23N3O2S. The van der Waals surface area contributed by atoms with Gasteiger partial charge in [-0.3, -0.25) is 0 Å². The van der Waals surface area contributed by atoms with Crippen LogP contribution >= 0.6 is 0 Å². The first-order valence-electron chi connectivity index (χ1n) is 6.89. The lowest BCUT2D eigenvalue weighted by molar-refractivity contribution is 0.281. The molecule has 1 saturated heterocycles. The molecule has 0 aromatic heterocycles. The van der Waals surface area contributed by atoms with E-state index in [1.54, 1.807) is 27.4 Å². The molecule has 0 spiro atoms. The summed E-state index contributed by atoms with van der Waals surface area (Å²) in [6, 6.07) is 5.05. The molecule has 1 heterocycles. The number of hydrogen-bond acceptors (Lipinski definition) is 4. The summed E-state index contributed by atoms with van der Waals surface area (Å²) >= 11 is 0. The number of rotatable bonds is 3. The second kappa shape index (κ2) is 5.61. The summed E-state index contributed by atoms with van der Waals surface area (Å²) in [4.78, 5) is 2.11. The van der Waals surface area contributed by atoms with E-state index in [1.165, 1.54) is 0 Å². The van der Waals surface area contributed by atoms with Crippen LogP contribution in [0.15, 0.2) is 23.1 Å². The number of sulfonamides is 1. The Labute approximate surface area is 121 Å². The SMILES string of the molecule is CC1CCCN(S(=O)(=O)c2cc(N)ccc2N(C)C)C1. The fourth-order valence-electron chi connectivity index (χ4n) is 2.61. The standard InChI is InChI=1S/C14H23N3O2S/c1-11-5-4-8-17(10-11)20(18,19)14-9-12(15)6-7-13(14)16(2)3/h6-7,9,11H,4-5,8,10,15H2,1-3H3. The van der Waals surface area contributed by atoms with Crippen molar-refractivity contribution >= 4 is 21.4 Å². The number of nitrogens with zero attached hydrogens (tertiary/aromatic N) is 2. The molecular weight excluding hydrogens is 274 g/mol. The maximum atomic E-state index is 12.9. The van der Waals surface area contributed by atoms with Crippen molar-refractivity contribution in [2.45, 2.75) is 24.7 Å². The highest BCUT2D eigenvalue weighted by Gasteiger charge is 2.31. The third-order valence-corrected chi connectivity index (χ3v) is 5.60. The van der Waals surface area contributed by atoms with Gasteiger partial charge in [-0.15, -0.1) is 0 Å². The normalized spacial score (nSPS) is 20.9. The van der Waals surface area contributed by atoms with Crippen molar-refractivity contribution in [2.24, 2.45) is 5.92 Å². The molecule has 5 nitrogen and oxygen atoms in total. The van der Waals surface area contributed by atoms with Gasteiger partial charge in [-0.2, -0.15) is 4.31 Å². The molecule has 1 atom stereocenters. The van der Waals surface area contributed by atoms with Crippen LogP contribution in [0.3, 0.4) is 0 Å². The Morgan fingerprint density at radius 3 is 2.65 bits per heavy atom. The second-order valence-corrected chi connectivity index (χ2v) is 7.64. The van der Waals surface area contributed by atoms with Crippen molar-refractivity contribution in [1.29, 1.82) is 0 Å². The average Bonchev–Trinajstić information content (AvgIpc) is 2.38. The average molecular weight is 297 g/mol. The number of hydrogen-bond donors (Lipinski definition) is 1. The van der Waals surface area contributed by atoms with Crippen LogP contribution in [0.1, 0.15) is 19.8 Å². The summed E-state index contributed by atoms with van der Waals surface area (Å²) in [5, 5.41) is 0. The molecule has 0 amide bonds. The number of piperidine rings is 1. The molecule has 1 fully saturated rings. The summed E-state index contributed by atoms with van der Waals surface area (Å²) < 4.78 is 27.3. The first-order chi connectivity index (χ1) is 9.32. The minimum Gasteiger partial charge on any atom is -0.399 e. The van der Waals surface area contributed by atoms with Gasteiger partial charge in [0.25, 0.3) is 0 Å². The van der Waals surface area contributed by atoms with Crippen molar-refractivity contribution in [3.05, 3.63) is 18.2 Å². The summed E-state index contributed by atoms with van der Waals surface area (Å²) in [5.74, 6) is 0.405. The second-order valence-electron chi connectivity index (χ2n) is 5.73. The molecule has 0 bridgehead atoms. The zero-order valence-corrected chi connectivity index (χ0v) is 13.2. The fraction of sp³-hybridized carbons (Fsp3) is 0.571. The van der Waals surface area contributed by atoms with Gasteiger partial charge in [-0.1, -0.05) is 6.92 Å². The predicted molar refractivity (Wildman–Crippen MR) is 82.3 cm³/mol. The zero-order chi connectivity index (χ0) is 14.9. The van der Waals surface area contributed by atoms with Crippen LogP contribution in [0.4, 0.5) is 11.4 Å². The topological polar surface area (TPSA) is 66.6 Å². The maximum absolute atomic E-state index is 12.9. The fourth-order valence-corrected chi connectivity index (χ4v) is 4.51. The van der Waals surface area contributed by atoms with Gasteiger partial charge in [0.2, 0.25) is 10.0 Å². The summed E-state index contributed by atoms with van der Waals surface area (Å²) in [7, 11) is 0.192. The highest BCUT2D eigenvalue weighted by molar-refractivity contribution is 7.89. The van der Waals surface area contributed by atoms with Crippen molar-refractivity contribution < 1.29 is 8.42 Å². The summed E-state index contributed by atoms with van der Waals surface area (Å²) in [6.07, 6.45) is 2.00. The van der Waals surface area contributed by atoms with E-state index in [0.29, 0.717) is 35.3 Å². The smallest absolute Gasteiger partial charge is 0.245 e. The van der Waals surface area contributed by atoms with E-state index in [9.17, 15) is 8.42 Å². The molecule has 2 N–H and O–H groups in total. The van der Waals surface area contributed by atoms with Crippen LogP contribution in [0.25, 0.3) is 0 Å². The lowest BCUT2D eigenvalue weighted by Gasteiger charge is -2.31. The van der Waals surface area contributed by atoms with Gasteiger partial charge in [-0.25, -0.2) is 8.42 Å². The molecule has 2 rings (SSSR count). The van der Waals surface area contributed by atoms with Crippen molar-refractivity contribution in [1.82, 2.24) is 4.31 Å². The molecule has 0 aliphatic carbocycles. The third kappa shape index (κ3) is 2.91. The Morgan fingerprint density at radius 2 is 2.05 bits per heavy atom. The number of benzene rings is 1. The molecule has 1 aromatic rings. The lowest BCUT2D eigenvalue weighted by atomic mass is 10.0. The van der Waals surface area contributed by atoms with E-state index in [4.69, 9.17) is 5.73 Å². The Morgan fingerprint density at radius 1 is 1.35 bits per heavy atom. The van der Waals surface area contributed by atoms with Gasteiger partial charge in [-0.05, 0) is 37.0 Å². The van der Waals surface area contributed by atoms with Crippen LogP contribution in [-0.4, -0.2) is 39.9 Å². The number of nitrogen functional groups attached to an aromatic ring is 1. The van der Waals surface area contributed by atoms with Crippen molar-refractivity contribution in [2.75, 3.05) is 37.8 Å². The van der Waals surface area contributed by atoms with E-state index in [0.717, 1.165) is 12.8 Å². The van der Waals surface area contributed by atoms with Gasteiger partial charge in [0, 0.05) is 32.9 Å². The summed E-state index contributed by atoms with van der Waals surface area (Å²) in [5.41, 5.74) is 6.93. The highest BCUT2D eigenvalue weighted by Crippen LogP contribution is 2.31. The quantitative estimate of drug-likeness (QED) is 0.863. The number of anilines is 2. The highest BCUT2D eigenvalue weighted by atomic mass is 32.2. The predicted octanol–water partition coefficient (Wildman–Crippen LogP) is 1.76. The van der Waals surface area contributed by atoms with E-state index in [2.05, 4.69) is 6.92 Å². The number of nitrogens with two attached hydrogens (primary N) is 1. The molecule has 20 heavy (non-hydrogen) atoms.